The average Bonchev–Trinajstić information content (AvgIpc) is 3.43. The lowest BCUT2D eigenvalue weighted by Crippen LogP contribution is -2.57. The van der Waals surface area contributed by atoms with Crippen LogP contribution in [0.3, 0.4) is 0 Å². The molecule has 1 aromatic heterocycles. The van der Waals surface area contributed by atoms with Crippen molar-refractivity contribution in [2.45, 2.75) is 70.9 Å². The molecule has 0 aliphatic carbocycles. The third-order valence-electron chi connectivity index (χ3n) is 7.71. The van der Waals surface area contributed by atoms with Crippen molar-refractivity contribution in [2.75, 3.05) is 13.2 Å². The minimum Gasteiger partial charge on any atom is -0.418 e. The highest BCUT2D eigenvalue weighted by molar-refractivity contribution is 6.00. The number of carbonyl (C=O) groups excluding carboxylic acids is 4. The summed E-state index contributed by atoms with van der Waals surface area (Å²) in [6.45, 7) is 3.99. The fourth-order valence-corrected chi connectivity index (χ4v) is 5.52. The summed E-state index contributed by atoms with van der Waals surface area (Å²) in [5, 5.41) is 2.43. The van der Waals surface area contributed by atoms with Crippen LogP contribution in [-0.2, 0) is 27.4 Å². The number of pyridine rings is 1. The smallest absolute Gasteiger partial charge is 0.334 e. The summed E-state index contributed by atoms with van der Waals surface area (Å²) in [5.74, 6) is -4.91. The molecule has 11 nitrogen and oxygen atoms in total. The molecule has 218 valence electrons. The van der Waals surface area contributed by atoms with Crippen molar-refractivity contribution in [1.82, 2.24) is 19.7 Å². The number of ether oxygens (including phenoxy) is 2. The Morgan fingerprint density at radius 2 is 1.95 bits per heavy atom. The zero-order valence-electron chi connectivity index (χ0n) is 22.7. The Bertz CT molecular complexity index is 1480. The van der Waals surface area contributed by atoms with Crippen molar-refractivity contribution >= 4 is 23.7 Å². The van der Waals surface area contributed by atoms with Crippen molar-refractivity contribution in [3.05, 3.63) is 63.1 Å². The van der Waals surface area contributed by atoms with Crippen LogP contribution in [0.25, 0.3) is 0 Å². The summed E-state index contributed by atoms with van der Waals surface area (Å²) in [5.41, 5.74) is -1.67. The second-order valence-electron chi connectivity index (χ2n) is 10.3. The molecule has 3 amide bonds. The maximum Gasteiger partial charge on any atom is 0.334 e. The van der Waals surface area contributed by atoms with Gasteiger partial charge in [-0.2, -0.15) is 0 Å². The summed E-state index contributed by atoms with van der Waals surface area (Å²) < 4.78 is 40.1. The lowest BCUT2D eigenvalue weighted by molar-refractivity contribution is -0.146. The molecule has 0 bridgehead atoms. The lowest BCUT2D eigenvalue weighted by atomic mass is 10.1. The number of rotatable bonds is 6. The minimum atomic E-state index is -1.01. The van der Waals surface area contributed by atoms with Crippen molar-refractivity contribution in [2.24, 2.45) is 0 Å². The Morgan fingerprint density at radius 1 is 1.17 bits per heavy atom. The number of halogens is 2. The van der Waals surface area contributed by atoms with Gasteiger partial charge in [-0.05, 0) is 32.3 Å². The quantitative estimate of drug-likeness (QED) is 0.525. The Kier molecular flexibility index (Phi) is 7.89. The van der Waals surface area contributed by atoms with E-state index >= 15 is 0 Å². The molecule has 2 fully saturated rings. The summed E-state index contributed by atoms with van der Waals surface area (Å²) in [4.78, 5) is 69.0. The van der Waals surface area contributed by atoms with Crippen LogP contribution in [0, 0.1) is 11.6 Å². The van der Waals surface area contributed by atoms with Gasteiger partial charge in [0.25, 0.3) is 11.8 Å². The molecule has 3 atom stereocenters. The van der Waals surface area contributed by atoms with E-state index in [4.69, 9.17) is 9.47 Å². The predicted molar refractivity (Wildman–Crippen MR) is 139 cm³/mol. The predicted octanol–water partition coefficient (Wildman–Crippen LogP) is 1.95. The first kappa shape index (κ1) is 28.4. The van der Waals surface area contributed by atoms with Gasteiger partial charge in [0.05, 0.1) is 13.2 Å². The average molecular weight is 573 g/mol. The zero-order valence-corrected chi connectivity index (χ0v) is 22.7. The second kappa shape index (κ2) is 11.4. The van der Waals surface area contributed by atoms with Crippen LogP contribution in [0.5, 0.6) is 5.75 Å². The second-order valence-corrected chi connectivity index (χ2v) is 10.3. The number of carbonyl (C=O) groups is 4. The third-order valence-corrected chi connectivity index (χ3v) is 7.71. The Balaban J connectivity index is 1.52. The van der Waals surface area contributed by atoms with Gasteiger partial charge in [-0.3, -0.25) is 19.2 Å². The highest BCUT2D eigenvalue weighted by atomic mass is 19.1. The number of fused-ring (bicyclic) bond motifs is 2. The van der Waals surface area contributed by atoms with Crippen molar-refractivity contribution in [3.63, 3.8) is 0 Å². The van der Waals surface area contributed by atoms with Crippen LogP contribution in [-0.4, -0.2) is 69.5 Å². The van der Waals surface area contributed by atoms with E-state index < -0.39 is 58.4 Å². The molecule has 2 saturated heterocycles. The molecule has 5 rings (SSSR count). The Labute approximate surface area is 234 Å². The van der Waals surface area contributed by atoms with Gasteiger partial charge >= 0.3 is 5.97 Å². The van der Waals surface area contributed by atoms with E-state index in [0.717, 1.165) is 12.1 Å². The zero-order chi connectivity index (χ0) is 29.4. The summed E-state index contributed by atoms with van der Waals surface area (Å²) >= 11 is 0. The van der Waals surface area contributed by atoms with E-state index in [9.17, 15) is 32.8 Å². The molecular weight excluding hydrogens is 542 g/mol. The fraction of sp³-hybridized carbons (Fsp3) is 0.464. The number of hydrogen-bond donors (Lipinski definition) is 1. The number of hydrogen-bond acceptors (Lipinski definition) is 7. The molecule has 3 aliphatic rings. The number of likely N-dealkylation sites (tertiary alicyclic amines) is 1. The van der Waals surface area contributed by atoms with E-state index in [1.807, 2.05) is 6.92 Å². The maximum absolute atomic E-state index is 14.1. The molecule has 0 radical (unpaired) electrons. The normalized spacial score (nSPS) is 21.8. The van der Waals surface area contributed by atoms with Crippen LogP contribution < -0.4 is 15.5 Å². The minimum absolute atomic E-state index is 0.0122. The lowest BCUT2D eigenvalue weighted by Gasteiger charge is -2.44. The summed E-state index contributed by atoms with van der Waals surface area (Å²) in [6, 6.07) is 1.72. The highest BCUT2D eigenvalue weighted by Crippen LogP contribution is 2.31. The van der Waals surface area contributed by atoms with Crippen LogP contribution in [0.4, 0.5) is 8.78 Å². The van der Waals surface area contributed by atoms with Crippen LogP contribution in [0.1, 0.15) is 65.9 Å². The van der Waals surface area contributed by atoms with Gasteiger partial charge in [0.2, 0.25) is 17.1 Å². The van der Waals surface area contributed by atoms with Gasteiger partial charge in [-0.1, -0.05) is 13.0 Å². The molecule has 2 aromatic rings. The van der Waals surface area contributed by atoms with Crippen molar-refractivity contribution < 1.29 is 37.4 Å². The monoisotopic (exact) mass is 572 g/mol. The van der Waals surface area contributed by atoms with Gasteiger partial charge in [-0.15, -0.1) is 0 Å². The van der Waals surface area contributed by atoms with Crippen molar-refractivity contribution in [1.29, 1.82) is 0 Å². The van der Waals surface area contributed by atoms with Gasteiger partial charge in [-0.25, -0.2) is 13.6 Å². The molecule has 3 aliphatic heterocycles. The van der Waals surface area contributed by atoms with Crippen LogP contribution in [0.15, 0.2) is 29.2 Å². The maximum atomic E-state index is 14.1. The molecule has 4 heterocycles. The number of nitrogens with one attached hydrogen (secondary N) is 1. The van der Waals surface area contributed by atoms with E-state index in [1.54, 1.807) is 6.92 Å². The first-order chi connectivity index (χ1) is 19.6. The summed E-state index contributed by atoms with van der Waals surface area (Å²) in [7, 11) is 0. The van der Waals surface area contributed by atoms with Gasteiger partial charge in [0.1, 0.15) is 23.2 Å². The molecule has 13 heteroatoms. The SMILES string of the molecule is CCC(=O)N1CCC[C@@H]1C(=O)Oc1c2n(cc(C(=O)NCc3ccc(F)cc3F)c1=O)C[C@@H]1OCC[C@@H](C)N1C2=O. The van der Waals surface area contributed by atoms with Crippen LogP contribution >= 0.6 is 0 Å². The summed E-state index contributed by atoms with van der Waals surface area (Å²) in [6.07, 6.45) is 2.16. The Morgan fingerprint density at radius 3 is 2.68 bits per heavy atom. The van der Waals surface area contributed by atoms with Gasteiger partial charge in [0.15, 0.2) is 11.9 Å². The highest BCUT2D eigenvalue weighted by Gasteiger charge is 2.43. The molecule has 1 aromatic carbocycles. The Hall–Kier alpha value is -4.13. The number of benzene rings is 1. The van der Waals surface area contributed by atoms with Crippen molar-refractivity contribution in [3.8, 4) is 5.75 Å². The molecule has 0 saturated carbocycles. The molecule has 0 spiro atoms. The van der Waals surface area contributed by atoms with E-state index in [1.165, 1.54) is 20.6 Å². The molecule has 0 unspecified atom stereocenters. The largest absolute Gasteiger partial charge is 0.418 e. The van der Waals surface area contributed by atoms with E-state index in [2.05, 4.69) is 5.32 Å². The first-order valence-electron chi connectivity index (χ1n) is 13.6. The topological polar surface area (TPSA) is 127 Å². The number of esters is 1. The molecular formula is C28H30F2N4O7. The molecule has 41 heavy (non-hydrogen) atoms. The number of nitrogens with zero attached hydrogens (tertiary/aromatic N) is 3. The third kappa shape index (κ3) is 5.33. The fourth-order valence-electron chi connectivity index (χ4n) is 5.52. The van der Waals surface area contributed by atoms with E-state index in [-0.39, 0.29) is 42.7 Å². The number of amides is 3. The molecule has 1 N–H and O–H groups in total. The van der Waals surface area contributed by atoms with Gasteiger partial charge < -0.3 is 29.2 Å². The first-order valence-corrected chi connectivity index (χ1v) is 13.6. The standard InChI is InChI=1S/C28H30F2N4O7/c1-3-21(35)33-9-4-5-20(33)28(39)41-25-23-27(38)34-15(2)8-10-40-22(34)14-32(23)13-18(24(25)36)26(37)31-12-16-6-7-17(29)11-19(16)30/h6-7,11,13,15,20,22H,3-5,8-10,12,14H2,1-2H3,(H,31,37)/t15-,20-,22+/m1/s1. The van der Waals surface area contributed by atoms with E-state index in [0.29, 0.717) is 38.5 Å². The van der Waals surface area contributed by atoms with Crippen LogP contribution in [0.2, 0.25) is 0 Å². The number of aromatic nitrogens is 1. The van der Waals surface area contributed by atoms with Gasteiger partial charge in [0, 0.05) is 43.4 Å².